The number of hydrogen-bond donors (Lipinski definition) is 1. The maximum absolute atomic E-state index is 13.2. The molecule has 0 fully saturated rings. The summed E-state index contributed by atoms with van der Waals surface area (Å²) < 4.78 is 15.0. The van der Waals surface area contributed by atoms with Gasteiger partial charge in [-0.15, -0.1) is 0 Å². The van der Waals surface area contributed by atoms with Crippen molar-refractivity contribution in [3.8, 4) is 0 Å². The van der Waals surface area contributed by atoms with Gasteiger partial charge in [0.1, 0.15) is 5.82 Å². The smallest absolute Gasteiger partial charge is 0.123 e. The van der Waals surface area contributed by atoms with E-state index in [9.17, 15) is 4.39 Å². The number of halogens is 3. The number of nitrogens with one attached hydrogen (secondary N) is 1. The standard InChI is InChI=1S/C14H13Br2FN2/c1-8-5-10(17)3-4-11(8)13(18-2)14-12(16)6-9(15)7-19-14/h3-7,13,18H,1-2H3. The van der Waals surface area contributed by atoms with Crippen LogP contribution in [0.5, 0.6) is 0 Å². The Morgan fingerprint density at radius 1 is 1.26 bits per heavy atom. The minimum absolute atomic E-state index is 0.0805. The van der Waals surface area contributed by atoms with E-state index in [4.69, 9.17) is 0 Å². The van der Waals surface area contributed by atoms with E-state index in [0.29, 0.717) is 0 Å². The highest BCUT2D eigenvalue weighted by atomic mass is 79.9. The normalized spacial score (nSPS) is 12.5. The fourth-order valence-corrected chi connectivity index (χ4v) is 3.26. The molecule has 2 rings (SSSR count). The Kier molecular flexibility index (Phi) is 4.71. The molecule has 0 radical (unpaired) electrons. The van der Waals surface area contributed by atoms with Gasteiger partial charge in [-0.25, -0.2) is 4.39 Å². The highest BCUT2D eigenvalue weighted by molar-refractivity contribution is 9.11. The first-order valence-corrected chi connectivity index (χ1v) is 7.35. The Labute approximate surface area is 128 Å². The number of pyridine rings is 1. The topological polar surface area (TPSA) is 24.9 Å². The molecular weight excluding hydrogens is 375 g/mol. The number of aryl methyl sites for hydroxylation is 1. The van der Waals surface area contributed by atoms with Crippen LogP contribution in [0, 0.1) is 12.7 Å². The van der Waals surface area contributed by atoms with E-state index in [1.54, 1.807) is 12.3 Å². The van der Waals surface area contributed by atoms with E-state index in [0.717, 1.165) is 25.8 Å². The fraction of sp³-hybridized carbons (Fsp3) is 0.214. The SMILES string of the molecule is CNC(c1ccc(F)cc1C)c1ncc(Br)cc1Br. The first-order valence-electron chi connectivity index (χ1n) is 5.77. The molecule has 2 aromatic rings. The van der Waals surface area contributed by atoms with E-state index in [-0.39, 0.29) is 11.9 Å². The molecule has 0 amide bonds. The van der Waals surface area contributed by atoms with Crippen molar-refractivity contribution in [2.75, 3.05) is 7.05 Å². The van der Waals surface area contributed by atoms with Crippen molar-refractivity contribution in [3.05, 3.63) is 62.0 Å². The Morgan fingerprint density at radius 2 is 2.00 bits per heavy atom. The largest absolute Gasteiger partial charge is 0.308 e. The molecule has 0 aliphatic carbocycles. The molecule has 1 unspecified atom stereocenters. The Morgan fingerprint density at radius 3 is 2.58 bits per heavy atom. The van der Waals surface area contributed by atoms with Gasteiger partial charge in [-0.1, -0.05) is 6.07 Å². The minimum atomic E-state index is -0.223. The second-order valence-electron chi connectivity index (χ2n) is 4.24. The Hall–Kier alpha value is -0.780. The van der Waals surface area contributed by atoms with Crippen LogP contribution in [0.2, 0.25) is 0 Å². The molecule has 1 N–H and O–H groups in total. The summed E-state index contributed by atoms with van der Waals surface area (Å²) in [5.74, 6) is -0.223. The molecule has 0 saturated carbocycles. The molecule has 0 aliphatic heterocycles. The number of benzene rings is 1. The van der Waals surface area contributed by atoms with Crippen LogP contribution in [0.3, 0.4) is 0 Å². The maximum atomic E-state index is 13.2. The van der Waals surface area contributed by atoms with Crippen molar-refractivity contribution in [2.24, 2.45) is 0 Å². The molecule has 0 bridgehead atoms. The van der Waals surface area contributed by atoms with E-state index in [1.807, 2.05) is 20.0 Å². The van der Waals surface area contributed by atoms with Crippen molar-refractivity contribution in [3.63, 3.8) is 0 Å². The lowest BCUT2D eigenvalue weighted by Gasteiger charge is -2.19. The summed E-state index contributed by atoms with van der Waals surface area (Å²) in [5.41, 5.74) is 2.79. The zero-order valence-electron chi connectivity index (χ0n) is 10.5. The molecule has 0 saturated heterocycles. The van der Waals surface area contributed by atoms with Crippen molar-refractivity contribution in [1.82, 2.24) is 10.3 Å². The van der Waals surface area contributed by atoms with E-state index < -0.39 is 0 Å². The van der Waals surface area contributed by atoms with Gasteiger partial charge in [0.25, 0.3) is 0 Å². The zero-order valence-corrected chi connectivity index (χ0v) is 13.7. The van der Waals surface area contributed by atoms with Crippen LogP contribution in [-0.2, 0) is 0 Å². The second-order valence-corrected chi connectivity index (χ2v) is 6.01. The maximum Gasteiger partial charge on any atom is 0.123 e. The number of nitrogens with zero attached hydrogens (tertiary/aromatic N) is 1. The number of hydrogen-bond acceptors (Lipinski definition) is 2. The monoisotopic (exact) mass is 386 g/mol. The van der Waals surface area contributed by atoms with E-state index in [2.05, 4.69) is 42.2 Å². The van der Waals surface area contributed by atoms with Gasteiger partial charge in [0.15, 0.2) is 0 Å². The van der Waals surface area contributed by atoms with Crippen molar-refractivity contribution in [1.29, 1.82) is 0 Å². The van der Waals surface area contributed by atoms with Gasteiger partial charge in [-0.2, -0.15) is 0 Å². The molecule has 1 heterocycles. The van der Waals surface area contributed by atoms with Gasteiger partial charge in [0.05, 0.1) is 11.7 Å². The third-order valence-corrected chi connectivity index (χ3v) is 4.01. The lowest BCUT2D eigenvalue weighted by atomic mass is 9.98. The third kappa shape index (κ3) is 3.22. The van der Waals surface area contributed by atoms with Crippen LogP contribution in [-0.4, -0.2) is 12.0 Å². The molecule has 1 aromatic heterocycles. The van der Waals surface area contributed by atoms with Crippen molar-refractivity contribution in [2.45, 2.75) is 13.0 Å². The van der Waals surface area contributed by atoms with E-state index >= 15 is 0 Å². The molecule has 1 atom stereocenters. The van der Waals surface area contributed by atoms with Crippen LogP contribution in [0.4, 0.5) is 4.39 Å². The first kappa shape index (κ1) is 14.6. The number of rotatable bonds is 3. The molecule has 2 nitrogen and oxygen atoms in total. The summed E-state index contributed by atoms with van der Waals surface area (Å²) in [4.78, 5) is 4.44. The van der Waals surface area contributed by atoms with Crippen molar-refractivity contribution < 1.29 is 4.39 Å². The molecular formula is C14H13Br2FN2. The Balaban J connectivity index is 2.50. The minimum Gasteiger partial charge on any atom is -0.308 e. The number of aromatic nitrogens is 1. The van der Waals surface area contributed by atoms with Gasteiger partial charge in [-0.05, 0) is 75.2 Å². The second kappa shape index (κ2) is 6.11. The Bertz CT molecular complexity index is 550. The van der Waals surface area contributed by atoms with Gasteiger partial charge in [0.2, 0.25) is 0 Å². The average molecular weight is 388 g/mol. The quantitative estimate of drug-likeness (QED) is 0.846. The lowest BCUT2D eigenvalue weighted by molar-refractivity contribution is 0.618. The first-order chi connectivity index (χ1) is 9.02. The summed E-state index contributed by atoms with van der Waals surface area (Å²) >= 11 is 6.90. The van der Waals surface area contributed by atoms with Crippen LogP contribution in [0.25, 0.3) is 0 Å². The van der Waals surface area contributed by atoms with Crippen LogP contribution in [0.1, 0.15) is 22.9 Å². The van der Waals surface area contributed by atoms with Crippen LogP contribution in [0.15, 0.2) is 39.4 Å². The summed E-state index contributed by atoms with van der Waals surface area (Å²) in [6.45, 7) is 1.90. The van der Waals surface area contributed by atoms with Gasteiger partial charge >= 0.3 is 0 Å². The third-order valence-electron chi connectivity index (χ3n) is 2.94. The summed E-state index contributed by atoms with van der Waals surface area (Å²) in [7, 11) is 1.86. The molecule has 0 spiro atoms. The van der Waals surface area contributed by atoms with Gasteiger partial charge < -0.3 is 5.32 Å². The molecule has 1 aromatic carbocycles. The fourth-order valence-electron chi connectivity index (χ4n) is 2.04. The summed E-state index contributed by atoms with van der Waals surface area (Å²) in [6, 6.07) is 6.67. The van der Waals surface area contributed by atoms with Crippen LogP contribution < -0.4 is 5.32 Å². The summed E-state index contributed by atoms with van der Waals surface area (Å²) in [6.07, 6.45) is 1.75. The van der Waals surface area contributed by atoms with Gasteiger partial charge in [0, 0.05) is 15.1 Å². The van der Waals surface area contributed by atoms with E-state index in [1.165, 1.54) is 12.1 Å². The predicted octanol–water partition coefficient (Wildman–Crippen LogP) is 4.36. The molecule has 19 heavy (non-hydrogen) atoms. The highest BCUT2D eigenvalue weighted by Gasteiger charge is 2.18. The van der Waals surface area contributed by atoms with Crippen LogP contribution >= 0.6 is 31.9 Å². The molecule has 100 valence electrons. The zero-order chi connectivity index (χ0) is 14.0. The predicted molar refractivity (Wildman–Crippen MR) is 81.7 cm³/mol. The molecule has 5 heteroatoms. The molecule has 0 aliphatic rings. The lowest BCUT2D eigenvalue weighted by Crippen LogP contribution is -2.20. The van der Waals surface area contributed by atoms with Gasteiger partial charge in [-0.3, -0.25) is 4.98 Å². The average Bonchev–Trinajstić information content (AvgIpc) is 2.34. The summed E-state index contributed by atoms with van der Waals surface area (Å²) in [5, 5.41) is 3.22. The van der Waals surface area contributed by atoms with Crippen molar-refractivity contribution >= 4 is 31.9 Å². The highest BCUT2D eigenvalue weighted by Crippen LogP contribution is 2.30.